The van der Waals surface area contributed by atoms with Gasteiger partial charge in [-0.1, -0.05) is 158 Å². The van der Waals surface area contributed by atoms with Crippen LogP contribution in [0.4, 0.5) is 0 Å². The number of allylic oxidation sites excluding steroid dienone is 3. The van der Waals surface area contributed by atoms with Crippen molar-refractivity contribution in [2.24, 2.45) is 11.5 Å². The highest BCUT2D eigenvalue weighted by molar-refractivity contribution is 6.25. The molecular weight excluding hydrogens is 715 g/mol. The molecule has 1 aromatic heterocycles. The van der Waals surface area contributed by atoms with E-state index in [1.54, 1.807) is 0 Å². The van der Waals surface area contributed by atoms with Crippen molar-refractivity contribution in [1.82, 2.24) is 4.57 Å². The molecule has 9 aromatic carbocycles. The molecule has 10 rings (SSSR count). The molecule has 59 heavy (non-hydrogen) atoms. The number of para-hydroxylation sites is 1. The van der Waals surface area contributed by atoms with Crippen molar-refractivity contribution in [3.05, 3.63) is 217 Å². The number of hydrogen-bond donors (Lipinski definition) is 2. The molecule has 3 heteroatoms. The molecule has 1 heterocycles. The van der Waals surface area contributed by atoms with Gasteiger partial charge in [-0.3, -0.25) is 0 Å². The van der Waals surface area contributed by atoms with Crippen LogP contribution >= 0.6 is 0 Å². The molecule has 0 atom stereocenters. The van der Waals surface area contributed by atoms with Gasteiger partial charge in [-0.05, 0) is 133 Å². The van der Waals surface area contributed by atoms with Gasteiger partial charge in [0.2, 0.25) is 0 Å². The van der Waals surface area contributed by atoms with Gasteiger partial charge in [-0.25, -0.2) is 0 Å². The topological polar surface area (TPSA) is 57.0 Å². The van der Waals surface area contributed by atoms with Crippen LogP contribution < -0.4 is 11.5 Å². The van der Waals surface area contributed by atoms with E-state index in [0.717, 1.165) is 39.0 Å². The van der Waals surface area contributed by atoms with Gasteiger partial charge < -0.3 is 16.0 Å². The van der Waals surface area contributed by atoms with Crippen LogP contribution in [0.15, 0.2) is 206 Å². The summed E-state index contributed by atoms with van der Waals surface area (Å²) in [5.74, 6) is 0. The molecule has 0 bridgehead atoms. The van der Waals surface area contributed by atoms with Crippen molar-refractivity contribution in [2.45, 2.75) is 13.8 Å². The second-order valence-corrected chi connectivity index (χ2v) is 15.3. The highest BCUT2D eigenvalue weighted by Crippen LogP contribution is 2.47. The molecule has 0 unspecified atom stereocenters. The standard InChI is InChI=1S/C56H43N3/c1-3-4-26-52(57)53(58)35-49-36(2)59(41-17-6-5-7-18-41)54-32-31-39(33-50(49)54)37-27-29-38(30-28-37)55-45-22-12-14-24-47(45)56(48-25-15-13-23-46(48)55)51-34-40-16-8-9-19-42(40)43-20-10-11-21-44(43)51/h3-35H,57-58H2,1-2H3/b4-3-,52-26-,53-35-. The highest BCUT2D eigenvalue weighted by atomic mass is 15.0. The molecule has 3 nitrogen and oxygen atoms in total. The molecule has 0 aliphatic rings. The third kappa shape index (κ3) is 6.07. The number of fused-ring (bicyclic) bond motifs is 6. The lowest BCUT2D eigenvalue weighted by Gasteiger charge is -2.19. The first kappa shape index (κ1) is 35.8. The van der Waals surface area contributed by atoms with Gasteiger partial charge in [0.05, 0.1) is 16.9 Å². The molecule has 0 saturated heterocycles. The second kappa shape index (κ2) is 14.7. The Morgan fingerprint density at radius 1 is 0.475 bits per heavy atom. The summed E-state index contributed by atoms with van der Waals surface area (Å²) in [6.07, 6.45) is 7.71. The van der Waals surface area contributed by atoms with E-state index in [1.807, 2.05) is 37.3 Å². The van der Waals surface area contributed by atoms with Gasteiger partial charge in [0, 0.05) is 22.3 Å². The van der Waals surface area contributed by atoms with Crippen LogP contribution in [0.1, 0.15) is 18.2 Å². The van der Waals surface area contributed by atoms with E-state index in [4.69, 9.17) is 11.5 Å². The quantitative estimate of drug-likeness (QED) is 0.0966. The minimum atomic E-state index is 0.535. The van der Waals surface area contributed by atoms with Crippen LogP contribution in [0, 0.1) is 6.92 Å². The lowest BCUT2D eigenvalue weighted by molar-refractivity contribution is 1.05. The smallest absolute Gasteiger partial charge is 0.0554 e. The summed E-state index contributed by atoms with van der Waals surface area (Å²) >= 11 is 0. The Kier molecular flexibility index (Phi) is 8.92. The fraction of sp³-hybridized carbons (Fsp3) is 0.0357. The van der Waals surface area contributed by atoms with Crippen molar-refractivity contribution >= 4 is 60.1 Å². The summed E-state index contributed by atoms with van der Waals surface area (Å²) in [5.41, 5.74) is 25.7. The molecule has 10 aromatic rings. The van der Waals surface area contributed by atoms with E-state index in [1.165, 1.54) is 65.3 Å². The zero-order valence-electron chi connectivity index (χ0n) is 33.2. The summed E-state index contributed by atoms with van der Waals surface area (Å²) < 4.78 is 2.30. The molecule has 282 valence electrons. The number of aromatic nitrogens is 1. The summed E-state index contributed by atoms with van der Waals surface area (Å²) in [4.78, 5) is 0. The minimum absolute atomic E-state index is 0.535. The molecule has 0 aliphatic carbocycles. The molecule has 0 saturated carbocycles. The number of benzene rings is 9. The number of hydrogen-bond acceptors (Lipinski definition) is 2. The predicted octanol–water partition coefficient (Wildman–Crippen LogP) is 14.3. The van der Waals surface area contributed by atoms with E-state index in [0.29, 0.717) is 11.4 Å². The second-order valence-electron chi connectivity index (χ2n) is 15.3. The minimum Gasteiger partial charge on any atom is -0.397 e. The molecule has 0 radical (unpaired) electrons. The van der Waals surface area contributed by atoms with Gasteiger partial charge >= 0.3 is 0 Å². The first-order chi connectivity index (χ1) is 29.0. The van der Waals surface area contributed by atoms with Crippen molar-refractivity contribution in [1.29, 1.82) is 0 Å². The first-order valence-corrected chi connectivity index (χ1v) is 20.2. The molecule has 4 N–H and O–H groups in total. The highest BCUT2D eigenvalue weighted by Gasteiger charge is 2.20. The van der Waals surface area contributed by atoms with Gasteiger partial charge in [0.1, 0.15) is 0 Å². The lowest BCUT2D eigenvalue weighted by atomic mass is 9.83. The largest absolute Gasteiger partial charge is 0.397 e. The van der Waals surface area contributed by atoms with Crippen LogP contribution in [0.3, 0.4) is 0 Å². The Bertz CT molecular complexity index is 3290. The molecule has 0 spiro atoms. The predicted molar refractivity (Wildman–Crippen MR) is 254 cm³/mol. The average Bonchev–Trinajstić information content (AvgIpc) is 3.56. The number of nitrogens with two attached hydrogens (primary N) is 2. The number of nitrogens with zero attached hydrogens (tertiary/aromatic N) is 1. The van der Waals surface area contributed by atoms with Crippen LogP contribution in [0.25, 0.3) is 99.1 Å². The Balaban J connectivity index is 1.13. The zero-order chi connectivity index (χ0) is 40.0. The first-order valence-electron chi connectivity index (χ1n) is 20.2. The maximum atomic E-state index is 6.61. The molecular formula is C56H43N3. The summed E-state index contributed by atoms with van der Waals surface area (Å²) in [6.45, 7) is 4.11. The fourth-order valence-electron chi connectivity index (χ4n) is 9.07. The summed E-state index contributed by atoms with van der Waals surface area (Å²) in [5, 5.41) is 11.1. The van der Waals surface area contributed by atoms with E-state index in [2.05, 4.69) is 181 Å². The average molecular weight is 758 g/mol. The van der Waals surface area contributed by atoms with Crippen molar-refractivity contribution in [3.8, 4) is 39.1 Å². The Labute approximate surface area is 344 Å². The van der Waals surface area contributed by atoms with E-state index >= 15 is 0 Å². The van der Waals surface area contributed by atoms with E-state index in [-0.39, 0.29) is 0 Å². The zero-order valence-corrected chi connectivity index (χ0v) is 33.2. The Morgan fingerprint density at radius 2 is 1.02 bits per heavy atom. The number of rotatable bonds is 7. The van der Waals surface area contributed by atoms with Crippen molar-refractivity contribution < 1.29 is 0 Å². The summed E-state index contributed by atoms with van der Waals surface area (Å²) in [6, 6.07) is 64.1. The van der Waals surface area contributed by atoms with Crippen molar-refractivity contribution in [3.63, 3.8) is 0 Å². The third-order valence-corrected chi connectivity index (χ3v) is 11.8. The van der Waals surface area contributed by atoms with E-state index in [9.17, 15) is 0 Å². The van der Waals surface area contributed by atoms with Gasteiger partial charge in [0.25, 0.3) is 0 Å². The van der Waals surface area contributed by atoms with Crippen LogP contribution in [-0.4, -0.2) is 4.57 Å². The molecule has 0 amide bonds. The lowest BCUT2D eigenvalue weighted by Crippen LogP contribution is -2.08. The van der Waals surface area contributed by atoms with Gasteiger partial charge in [-0.2, -0.15) is 0 Å². The normalized spacial score (nSPS) is 12.5. The Hall–Kier alpha value is -7.62. The Morgan fingerprint density at radius 3 is 1.68 bits per heavy atom. The van der Waals surface area contributed by atoms with Crippen LogP contribution in [0.5, 0.6) is 0 Å². The van der Waals surface area contributed by atoms with Gasteiger partial charge in [0.15, 0.2) is 0 Å². The van der Waals surface area contributed by atoms with Crippen molar-refractivity contribution in [2.75, 3.05) is 0 Å². The monoisotopic (exact) mass is 757 g/mol. The van der Waals surface area contributed by atoms with E-state index < -0.39 is 0 Å². The maximum Gasteiger partial charge on any atom is 0.0554 e. The molecule has 0 aliphatic heterocycles. The molecule has 0 fully saturated rings. The van der Waals surface area contributed by atoms with Gasteiger partial charge in [-0.15, -0.1) is 0 Å². The third-order valence-electron chi connectivity index (χ3n) is 11.8. The SMILES string of the molecule is C\C=C/C=C(N)/C(N)=C/c1c(C)n(-c2ccccc2)c2ccc(-c3ccc(-c4c5ccccc5c(-c5cc6ccccc6c6ccccc56)c5ccccc45)cc3)cc12. The fourth-order valence-corrected chi connectivity index (χ4v) is 9.07. The van der Waals surface area contributed by atoms with Crippen LogP contribution in [-0.2, 0) is 0 Å². The maximum absolute atomic E-state index is 6.61. The van der Waals surface area contributed by atoms with Crippen LogP contribution in [0.2, 0.25) is 0 Å². The summed E-state index contributed by atoms with van der Waals surface area (Å²) in [7, 11) is 0.